The number of carbonyl (C=O) groups excluding carboxylic acids is 1. The zero-order chi connectivity index (χ0) is 21.9. The number of aryl methyl sites for hydroxylation is 1. The van der Waals surface area contributed by atoms with E-state index in [0.717, 1.165) is 22.5 Å². The van der Waals surface area contributed by atoms with Crippen molar-refractivity contribution in [1.29, 1.82) is 0 Å². The number of amides is 1. The van der Waals surface area contributed by atoms with Crippen LogP contribution in [0, 0.1) is 6.92 Å². The van der Waals surface area contributed by atoms with Gasteiger partial charge in [-0.3, -0.25) is 4.79 Å². The molecule has 0 aliphatic rings. The first kappa shape index (κ1) is 20.3. The van der Waals surface area contributed by atoms with Gasteiger partial charge >= 0.3 is 0 Å². The summed E-state index contributed by atoms with van der Waals surface area (Å²) in [5.41, 5.74) is 5.64. The third-order valence-corrected chi connectivity index (χ3v) is 6.51. The standard InChI is InChI=1S/C23H18N6OS2/c1-15-13-31-22(24-15)25-21(30)14-32-23-27-26-20-12-11-19(28-29(20)23)18-9-7-17(8-10-18)16-5-3-2-4-6-16/h2-13H,14H2,1H3,(H,24,25,30). The van der Waals surface area contributed by atoms with Gasteiger partial charge in [-0.25, -0.2) is 4.98 Å². The van der Waals surface area contributed by atoms with E-state index in [4.69, 9.17) is 5.10 Å². The molecule has 0 spiro atoms. The third-order valence-electron chi connectivity index (χ3n) is 4.72. The minimum atomic E-state index is -0.145. The molecule has 0 bridgehead atoms. The number of hydrogen-bond acceptors (Lipinski definition) is 7. The molecule has 5 rings (SSSR count). The summed E-state index contributed by atoms with van der Waals surface area (Å²) in [6.45, 7) is 1.89. The van der Waals surface area contributed by atoms with E-state index in [2.05, 4.69) is 56.9 Å². The molecule has 0 saturated heterocycles. The monoisotopic (exact) mass is 458 g/mol. The van der Waals surface area contributed by atoms with Gasteiger partial charge in [0.2, 0.25) is 11.1 Å². The lowest BCUT2D eigenvalue weighted by atomic mass is 10.0. The average Bonchev–Trinajstić information content (AvgIpc) is 3.43. The van der Waals surface area contributed by atoms with Gasteiger partial charge in [-0.15, -0.1) is 21.5 Å². The van der Waals surface area contributed by atoms with Crippen molar-refractivity contribution < 1.29 is 4.79 Å². The van der Waals surface area contributed by atoms with E-state index in [1.54, 1.807) is 4.52 Å². The molecule has 2 aromatic carbocycles. The predicted molar refractivity (Wildman–Crippen MR) is 128 cm³/mol. The van der Waals surface area contributed by atoms with E-state index in [1.807, 2.05) is 42.6 Å². The molecule has 5 aromatic rings. The summed E-state index contributed by atoms with van der Waals surface area (Å²) >= 11 is 2.69. The minimum Gasteiger partial charge on any atom is -0.301 e. The molecule has 0 atom stereocenters. The molecule has 0 aliphatic carbocycles. The Morgan fingerprint density at radius 1 is 0.969 bits per heavy atom. The Morgan fingerprint density at radius 2 is 1.72 bits per heavy atom. The number of aromatic nitrogens is 5. The predicted octanol–water partition coefficient (Wildman–Crippen LogP) is 4.95. The van der Waals surface area contributed by atoms with Crippen LogP contribution in [-0.2, 0) is 4.79 Å². The van der Waals surface area contributed by atoms with E-state index >= 15 is 0 Å². The van der Waals surface area contributed by atoms with Gasteiger partial charge in [0.25, 0.3) is 0 Å². The molecule has 1 N–H and O–H groups in total. The van der Waals surface area contributed by atoms with Crippen LogP contribution < -0.4 is 5.32 Å². The molecule has 0 radical (unpaired) electrons. The number of hydrogen-bond donors (Lipinski definition) is 1. The molecular formula is C23H18N6OS2. The van der Waals surface area contributed by atoms with Crippen molar-refractivity contribution in [2.24, 2.45) is 0 Å². The number of carbonyl (C=O) groups is 1. The number of nitrogens with one attached hydrogen (secondary N) is 1. The number of nitrogens with zero attached hydrogens (tertiary/aromatic N) is 5. The van der Waals surface area contributed by atoms with Crippen LogP contribution in [0.25, 0.3) is 28.0 Å². The molecule has 3 aromatic heterocycles. The van der Waals surface area contributed by atoms with Crippen molar-refractivity contribution in [1.82, 2.24) is 24.8 Å². The molecule has 7 nitrogen and oxygen atoms in total. The molecule has 0 aliphatic heterocycles. The minimum absolute atomic E-state index is 0.145. The van der Waals surface area contributed by atoms with Crippen molar-refractivity contribution in [2.75, 3.05) is 11.1 Å². The summed E-state index contributed by atoms with van der Waals surface area (Å²) in [5.74, 6) is 0.0469. The van der Waals surface area contributed by atoms with Gasteiger partial charge in [-0.2, -0.15) is 9.61 Å². The van der Waals surface area contributed by atoms with E-state index in [0.29, 0.717) is 15.9 Å². The van der Waals surface area contributed by atoms with Gasteiger partial charge in [0, 0.05) is 10.9 Å². The van der Waals surface area contributed by atoms with Crippen LogP contribution in [0.3, 0.4) is 0 Å². The highest BCUT2D eigenvalue weighted by molar-refractivity contribution is 7.99. The lowest BCUT2D eigenvalue weighted by Gasteiger charge is -2.05. The summed E-state index contributed by atoms with van der Waals surface area (Å²) in [5, 5.41) is 18.9. The smallest absolute Gasteiger partial charge is 0.236 e. The molecule has 0 unspecified atom stereocenters. The molecule has 9 heteroatoms. The Bertz CT molecular complexity index is 1380. The first-order chi connectivity index (χ1) is 15.7. The van der Waals surface area contributed by atoms with Gasteiger partial charge in [0.1, 0.15) is 0 Å². The first-order valence-corrected chi connectivity index (χ1v) is 11.8. The van der Waals surface area contributed by atoms with Gasteiger partial charge in [-0.1, -0.05) is 66.4 Å². The van der Waals surface area contributed by atoms with Crippen molar-refractivity contribution in [2.45, 2.75) is 12.1 Å². The average molecular weight is 459 g/mol. The topological polar surface area (TPSA) is 85.1 Å². The van der Waals surface area contributed by atoms with Crippen LogP contribution in [0.15, 0.2) is 77.3 Å². The highest BCUT2D eigenvalue weighted by Crippen LogP contribution is 2.25. The van der Waals surface area contributed by atoms with Gasteiger partial charge < -0.3 is 5.32 Å². The summed E-state index contributed by atoms with van der Waals surface area (Å²) in [6.07, 6.45) is 0. The second-order valence-electron chi connectivity index (χ2n) is 7.05. The Morgan fingerprint density at radius 3 is 2.47 bits per heavy atom. The van der Waals surface area contributed by atoms with Crippen LogP contribution in [0.5, 0.6) is 0 Å². The van der Waals surface area contributed by atoms with E-state index in [1.165, 1.54) is 28.7 Å². The van der Waals surface area contributed by atoms with Gasteiger partial charge in [0.05, 0.1) is 17.1 Å². The van der Waals surface area contributed by atoms with Crippen molar-refractivity contribution in [3.63, 3.8) is 0 Å². The lowest BCUT2D eigenvalue weighted by molar-refractivity contribution is -0.113. The van der Waals surface area contributed by atoms with Crippen LogP contribution in [0.1, 0.15) is 5.69 Å². The third kappa shape index (κ3) is 4.39. The Hall–Kier alpha value is -3.56. The quantitative estimate of drug-likeness (QED) is 0.362. The summed E-state index contributed by atoms with van der Waals surface area (Å²) in [6, 6.07) is 22.3. The maximum Gasteiger partial charge on any atom is 0.236 e. The Kier molecular flexibility index (Phi) is 5.66. The number of anilines is 1. The summed E-state index contributed by atoms with van der Waals surface area (Å²) in [4.78, 5) is 16.5. The number of thiazole rings is 1. The lowest BCUT2D eigenvalue weighted by Crippen LogP contribution is -2.14. The largest absolute Gasteiger partial charge is 0.301 e. The van der Waals surface area contributed by atoms with E-state index < -0.39 is 0 Å². The fraction of sp³-hybridized carbons (Fsp3) is 0.0870. The summed E-state index contributed by atoms with van der Waals surface area (Å²) < 4.78 is 1.67. The van der Waals surface area contributed by atoms with Crippen molar-refractivity contribution in [3.8, 4) is 22.4 Å². The molecule has 0 saturated carbocycles. The van der Waals surface area contributed by atoms with Crippen LogP contribution in [-0.4, -0.2) is 36.5 Å². The molecular weight excluding hydrogens is 440 g/mol. The highest BCUT2D eigenvalue weighted by atomic mass is 32.2. The van der Waals surface area contributed by atoms with Crippen molar-refractivity contribution in [3.05, 3.63) is 77.8 Å². The first-order valence-electron chi connectivity index (χ1n) is 9.89. The molecule has 0 fully saturated rings. The molecule has 158 valence electrons. The fourth-order valence-corrected chi connectivity index (χ4v) is 4.57. The second-order valence-corrected chi connectivity index (χ2v) is 8.85. The van der Waals surface area contributed by atoms with Crippen LogP contribution >= 0.6 is 23.1 Å². The highest BCUT2D eigenvalue weighted by Gasteiger charge is 2.13. The second kappa shape index (κ2) is 8.89. The maximum absolute atomic E-state index is 12.2. The van der Waals surface area contributed by atoms with Crippen LogP contribution in [0.2, 0.25) is 0 Å². The van der Waals surface area contributed by atoms with Gasteiger partial charge in [-0.05, 0) is 30.2 Å². The van der Waals surface area contributed by atoms with Crippen LogP contribution in [0.4, 0.5) is 5.13 Å². The maximum atomic E-state index is 12.2. The molecule has 32 heavy (non-hydrogen) atoms. The van der Waals surface area contributed by atoms with Crippen molar-refractivity contribution >= 4 is 39.8 Å². The van der Waals surface area contributed by atoms with E-state index in [-0.39, 0.29) is 11.7 Å². The fourth-order valence-electron chi connectivity index (χ4n) is 3.17. The molecule has 1 amide bonds. The van der Waals surface area contributed by atoms with E-state index in [9.17, 15) is 4.79 Å². The zero-order valence-electron chi connectivity index (χ0n) is 17.1. The number of thioether (sulfide) groups is 1. The Labute approximate surface area is 192 Å². The Balaban J connectivity index is 1.33. The number of benzene rings is 2. The zero-order valence-corrected chi connectivity index (χ0v) is 18.7. The summed E-state index contributed by atoms with van der Waals surface area (Å²) in [7, 11) is 0. The molecule has 3 heterocycles. The van der Waals surface area contributed by atoms with Gasteiger partial charge in [0.15, 0.2) is 10.8 Å². The normalized spacial score (nSPS) is 11.0. The number of rotatable bonds is 6. The number of fused-ring (bicyclic) bond motifs is 1. The SMILES string of the molecule is Cc1csc(NC(=O)CSc2nnc3ccc(-c4ccc(-c5ccccc5)cc4)nn23)n1.